The molecular formula is C6H4NO2Se. The standard InChI is InChI=1S/C6H4NO2Se/c8-7(9)5-1-3-6(10)4-2-5/h1-4H. The van der Waals surface area contributed by atoms with Crippen molar-refractivity contribution in [1.82, 2.24) is 0 Å². The second kappa shape index (κ2) is 2.82. The predicted octanol–water partition coefficient (Wildman–Crippen LogP) is 0.389. The van der Waals surface area contributed by atoms with Crippen LogP contribution in [0.1, 0.15) is 0 Å². The maximum absolute atomic E-state index is 10.1. The predicted molar refractivity (Wildman–Crippen MR) is 38.5 cm³/mol. The summed E-state index contributed by atoms with van der Waals surface area (Å²) in [6.07, 6.45) is 0. The first-order valence-electron chi connectivity index (χ1n) is 2.61. The monoisotopic (exact) mass is 202 g/mol. The molecule has 0 fully saturated rings. The van der Waals surface area contributed by atoms with Crippen molar-refractivity contribution in [2.45, 2.75) is 0 Å². The third-order valence-corrected chi connectivity index (χ3v) is 1.62. The van der Waals surface area contributed by atoms with E-state index >= 15 is 0 Å². The molecule has 0 saturated heterocycles. The average molecular weight is 201 g/mol. The number of rotatable bonds is 1. The number of hydrogen-bond acceptors (Lipinski definition) is 2. The number of benzene rings is 1. The molecule has 0 aromatic heterocycles. The van der Waals surface area contributed by atoms with Crippen molar-refractivity contribution in [3.05, 3.63) is 34.4 Å². The molecule has 0 saturated carbocycles. The van der Waals surface area contributed by atoms with Gasteiger partial charge in [-0.3, -0.25) is 0 Å². The first-order chi connectivity index (χ1) is 4.70. The maximum atomic E-state index is 10.1. The summed E-state index contributed by atoms with van der Waals surface area (Å²) in [5.41, 5.74) is 0.124. The first kappa shape index (κ1) is 7.25. The summed E-state index contributed by atoms with van der Waals surface area (Å²) in [4.78, 5) is 9.69. The van der Waals surface area contributed by atoms with Gasteiger partial charge in [-0.05, 0) is 0 Å². The number of non-ortho nitro benzene ring substituents is 1. The number of hydrogen-bond donors (Lipinski definition) is 0. The molecule has 4 heteroatoms. The molecule has 0 aliphatic heterocycles. The number of nitrogens with zero attached hydrogens (tertiary/aromatic N) is 1. The molecule has 1 aromatic rings. The van der Waals surface area contributed by atoms with Gasteiger partial charge >= 0.3 is 65.5 Å². The molecule has 0 atom stereocenters. The molecule has 0 aliphatic carbocycles. The van der Waals surface area contributed by atoms with Gasteiger partial charge in [0, 0.05) is 0 Å². The Balaban J connectivity index is 3.00. The molecule has 1 radical (unpaired) electrons. The number of nitro groups is 1. The van der Waals surface area contributed by atoms with Crippen molar-refractivity contribution in [3.8, 4) is 0 Å². The fourth-order valence-corrected chi connectivity index (χ4v) is 0.853. The molecule has 0 unspecified atom stereocenters. The second-order valence-electron chi connectivity index (χ2n) is 1.75. The van der Waals surface area contributed by atoms with Crippen molar-refractivity contribution in [2.24, 2.45) is 0 Å². The van der Waals surface area contributed by atoms with Crippen LogP contribution in [0.15, 0.2) is 24.3 Å². The van der Waals surface area contributed by atoms with Crippen LogP contribution in [-0.2, 0) is 0 Å². The van der Waals surface area contributed by atoms with Gasteiger partial charge in [0.2, 0.25) is 0 Å². The average Bonchev–Trinajstić information content (AvgIpc) is 1.88. The molecule has 1 aromatic carbocycles. The van der Waals surface area contributed by atoms with E-state index in [0.29, 0.717) is 0 Å². The van der Waals surface area contributed by atoms with E-state index < -0.39 is 4.92 Å². The normalized spacial score (nSPS) is 9.20. The van der Waals surface area contributed by atoms with Crippen LogP contribution in [0.3, 0.4) is 0 Å². The summed E-state index contributed by atoms with van der Waals surface area (Å²) in [5.74, 6) is 0. The fraction of sp³-hybridized carbons (Fsp3) is 0. The Morgan fingerprint density at radius 2 is 1.80 bits per heavy atom. The van der Waals surface area contributed by atoms with Gasteiger partial charge in [0.1, 0.15) is 0 Å². The molecule has 0 heterocycles. The molecule has 3 nitrogen and oxygen atoms in total. The van der Waals surface area contributed by atoms with Crippen molar-refractivity contribution >= 4 is 26.2 Å². The summed E-state index contributed by atoms with van der Waals surface area (Å²) < 4.78 is 0.908. The molecule has 0 bridgehead atoms. The van der Waals surface area contributed by atoms with Crippen molar-refractivity contribution in [3.63, 3.8) is 0 Å². The van der Waals surface area contributed by atoms with Crippen LogP contribution >= 0.6 is 0 Å². The fourth-order valence-electron chi connectivity index (χ4n) is 0.568. The molecule has 1 rings (SSSR count). The van der Waals surface area contributed by atoms with E-state index in [1.807, 2.05) is 0 Å². The molecule has 0 spiro atoms. The van der Waals surface area contributed by atoms with Crippen LogP contribution in [0.5, 0.6) is 0 Å². The van der Waals surface area contributed by atoms with E-state index in [1.54, 1.807) is 12.1 Å². The van der Waals surface area contributed by atoms with E-state index in [9.17, 15) is 10.1 Å². The zero-order valence-corrected chi connectivity index (χ0v) is 6.69. The van der Waals surface area contributed by atoms with Crippen molar-refractivity contribution in [2.75, 3.05) is 0 Å². The zero-order chi connectivity index (χ0) is 7.56. The van der Waals surface area contributed by atoms with Crippen LogP contribution < -0.4 is 4.46 Å². The molecule has 0 aliphatic rings. The minimum absolute atomic E-state index is 0.124. The Bertz CT molecular complexity index is 244. The number of nitro benzene ring substituents is 1. The molecule has 0 N–H and O–H groups in total. The van der Waals surface area contributed by atoms with Crippen molar-refractivity contribution in [1.29, 1.82) is 0 Å². The molecule has 0 amide bonds. The van der Waals surface area contributed by atoms with Crippen molar-refractivity contribution < 1.29 is 4.92 Å². The third kappa shape index (κ3) is 1.56. The van der Waals surface area contributed by atoms with Gasteiger partial charge < -0.3 is 0 Å². The van der Waals surface area contributed by atoms with Gasteiger partial charge in [-0.2, -0.15) is 0 Å². The van der Waals surface area contributed by atoms with Crippen LogP contribution in [0, 0.1) is 10.1 Å². The Hall–Kier alpha value is -0.861. The van der Waals surface area contributed by atoms with E-state index in [4.69, 9.17) is 0 Å². The van der Waals surface area contributed by atoms with Crippen LogP contribution in [-0.4, -0.2) is 20.9 Å². The van der Waals surface area contributed by atoms with Crippen LogP contribution in [0.25, 0.3) is 0 Å². The van der Waals surface area contributed by atoms with E-state index in [2.05, 4.69) is 16.0 Å². The summed E-state index contributed by atoms with van der Waals surface area (Å²) in [5, 5.41) is 10.1. The molecular weight excluding hydrogens is 197 g/mol. The van der Waals surface area contributed by atoms with Crippen LogP contribution in [0.2, 0.25) is 0 Å². The Morgan fingerprint density at radius 3 is 2.20 bits per heavy atom. The summed E-state index contributed by atoms with van der Waals surface area (Å²) >= 11 is 2.75. The van der Waals surface area contributed by atoms with Gasteiger partial charge in [-0.25, -0.2) is 0 Å². The van der Waals surface area contributed by atoms with Gasteiger partial charge in [-0.15, -0.1) is 0 Å². The van der Waals surface area contributed by atoms with Gasteiger partial charge in [0.15, 0.2) is 0 Å². The second-order valence-corrected chi connectivity index (χ2v) is 2.74. The Morgan fingerprint density at radius 1 is 1.30 bits per heavy atom. The topological polar surface area (TPSA) is 43.1 Å². The summed E-state index contributed by atoms with van der Waals surface area (Å²) in [6, 6.07) is 6.26. The molecule has 10 heavy (non-hydrogen) atoms. The van der Waals surface area contributed by atoms with Gasteiger partial charge in [0.25, 0.3) is 0 Å². The third-order valence-electron chi connectivity index (χ3n) is 1.05. The Kier molecular flexibility index (Phi) is 2.04. The first-order valence-corrected chi connectivity index (χ1v) is 3.47. The Labute approximate surface area is 66.0 Å². The quantitative estimate of drug-likeness (QED) is 0.374. The SMILES string of the molecule is O=[N+]([O-])c1ccc([Se])cc1. The van der Waals surface area contributed by atoms with Gasteiger partial charge in [-0.1, -0.05) is 0 Å². The summed E-state index contributed by atoms with van der Waals surface area (Å²) in [6.45, 7) is 0. The summed E-state index contributed by atoms with van der Waals surface area (Å²) in [7, 11) is 0. The zero-order valence-electron chi connectivity index (χ0n) is 4.98. The van der Waals surface area contributed by atoms with Crippen LogP contribution in [0.4, 0.5) is 5.69 Å². The van der Waals surface area contributed by atoms with E-state index in [-0.39, 0.29) is 5.69 Å². The van der Waals surface area contributed by atoms with E-state index in [1.165, 1.54) is 12.1 Å². The van der Waals surface area contributed by atoms with E-state index in [0.717, 1.165) is 4.46 Å². The van der Waals surface area contributed by atoms with Gasteiger partial charge in [0.05, 0.1) is 0 Å². The minimum atomic E-state index is -0.417. The molecule has 51 valence electrons.